The van der Waals surface area contributed by atoms with E-state index >= 15 is 0 Å². The molecule has 1 aromatic heterocycles. The van der Waals surface area contributed by atoms with Crippen molar-refractivity contribution in [3.63, 3.8) is 0 Å². The van der Waals surface area contributed by atoms with E-state index in [-0.39, 0.29) is 0 Å². The molecule has 1 aliphatic carbocycles. The van der Waals surface area contributed by atoms with Gasteiger partial charge in [-0.25, -0.2) is 0 Å². The molecule has 0 radical (unpaired) electrons. The number of rotatable bonds is 7. The second kappa shape index (κ2) is 7.92. The Hall–Kier alpha value is -0.520. The molecule has 2 rings (SSSR count). The number of methoxy groups -OCH3 is 1. The molecule has 1 heterocycles. The zero-order valence-electron chi connectivity index (χ0n) is 12.0. The van der Waals surface area contributed by atoms with Crippen LogP contribution in [0.1, 0.15) is 48.5 Å². The summed E-state index contributed by atoms with van der Waals surface area (Å²) in [5.74, 6) is 1.57. The normalized spacial score (nSPS) is 23.7. The first-order valence-electron chi connectivity index (χ1n) is 7.31. The average molecular weight is 283 g/mol. The highest BCUT2D eigenvalue weighted by Gasteiger charge is 2.22. The summed E-state index contributed by atoms with van der Waals surface area (Å²) >= 11 is 1.81. The number of ether oxygens (including phenoxy) is 1. The van der Waals surface area contributed by atoms with Crippen molar-refractivity contribution in [1.82, 2.24) is 15.5 Å². The Balaban J connectivity index is 1.72. The molecule has 0 bridgehead atoms. The lowest BCUT2D eigenvalue weighted by Gasteiger charge is -2.23. The minimum atomic E-state index is 0.670. The van der Waals surface area contributed by atoms with Gasteiger partial charge in [0.15, 0.2) is 0 Å². The SMILES string of the molecule is COCCNCCc1nnc(C2CCC(C)CC2)s1. The van der Waals surface area contributed by atoms with Gasteiger partial charge >= 0.3 is 0 Å². The summed E-state index contributed by atoms with van der Waals surface area (Å²) < 4.78 is 5.00. The maximum atomic E-state index is 5.00. The van der Waals surface area contributed by atoms with E-state index in [0.29, 0.717) is 5.92 Å². The fraction of sp³-hybridized carbons (Fsp3) is 0.857. The highest BCUT2D eigenvalue weighted by molar-refractivity contribution is 7.11. The van der Waals surface area contributed by atoms with Gasteiger partial charge in [-0.2, -0.15) is 0 Å². The van der Waals surface area contributed by atoms with Crippen LogP contribution in [0.3, 0.4) is 0 Å². The molecule has 1 N–H and O–H groups in total. The first-order chi connectivity index (χ1) is 9.29. The van der Waals surface area contributed by atoms with Crippen LogP contribution in [-0.4, -0.2) is 37.0 Å². The molecule has 5 heteroatoms. The van der Waals surface area contributed by atoms with Gasteiger partial charge in [0.2, 0.25) is 0 Å². The molecule has 108 valence electrons. The predicted octanol–water partition coefficient (Wildman–Crippen LogP) is 2.61. The van der Waals surface area contributed by atoms with Crippen LogP contribution in [-0.2, 0) is 11.2 Å². The van der Waals surface area contributed by atoms with Crippen molar-refractivity contribution in [1.29, 1.82) is 0 Å². The molecule has 4 nitrogen and oxygen atoms in total. The van der Waals surface area contributed by atoms with Crippen molar-refractivity contribution in [2.75, 3.05) is 26.8 Å². The summed E-state index contributed by atoms with van der Waals surface area (Å²) in [4.78, 5) is 0. The summed E-state index contributed by atoms with van der Waals surface area (Å²) in [5, 5.41) is 14.5. The van der Waals surface area contributed by atoms with Crippen LogP contribution >= 0.6 is 11.3 Å². The number of nitrogens with one attached hydrogen (secondary N) is 1. The second-order valence-electron chi connectivity index (χ2n) is 5.48. The van der Waals surface area contributed by atoms with Crippen molar-refractivity contribution in [2.24, 2.45) is 5.92 Å². The maximum Gasteiger partial charge on any atom is 0.120 e. The van der Waals surface area contributed by atoms with Gasteiger partial charge in [-0.3, -0.25) is 0 Å². The third kappa shape index (κ3) is 4.82. The molecule has 0 spiro atoms. The monoisotopic (exact) mass is 283 g/mol. The molecule has 0 atom stereocenters. The Bertz CT molecular complexity index is 361. The molecular weight excluding hydrogens is 258 g/mol. The second-order valence-corrected chi connectivity index (χ2v) is 6.58. The molecular formula is C14H25N3OS. The van der Waals surface area contributed by atoms with Gasteiger partial charge in [0, 0.05) is 32.5 Å². The zero-order chi connectivity index (χ0) is 13.5. The van der Waals surface area contributed by atoms with E-state index in [0.717, 1.165) is 32.0 Å². The lowest BCUT2D eigenvalue weighted by atomic mass is 9.83. The first-order valence-corrected chi connectivity index (χ1v) is 8.13. The standard InChI is InChI=1S/C14H25N3OS/c1-11-3-5-12(6-4-11)14-17-16-13(19-14)7-8-15-9-10-18-2/h11-12,15H,3-10H2,1-2H3. The van der Waals surface area contributed by atoms with Gasteiger partial charge in [0.05, 0.1) is 6.61 Å². The fourth-order valence-electron chi connectivity index (χ4n) is 2.53. The van der Waals surface area contributed by atoms with Crippen molar-refractivity contribution < 1.29 is 4.74 Å². The number of nitrogens with zero attached hydrogens (tertiary/aromatic N) is 2. The van der Waals surface area contributed by atoms with Gasteiger partial charge in [-0.1, -0.05) is 19.8 Å². The largest absolute Gasteiger partial charge is 0.383 e. The lowest BCUT2D eigenvalue weighted by molar-refractivity contribution is 0.199. The fourth-order valence-corrected chi connectivity index (χ4v) is 3.55. The van der Waals surface area contributed by atoms with E-state index in [4.69, 9.17) is 4.74 Å². The Labute approximate surface area is 120 Å². The highest BCUT2D eigenvalue weighted by atomic mass is 32.1. The molecule has 0 unspecified atom stereocenters. The summed E-state index contributed by atoms with van der Waals surface area (Å²) in [6, 6.07) is 0. The summed E-state index contributed by atoms with van der Waals surface area (Å²) in [5.41, 5.74) is 0. The van der Waals surface area contributed by atoms with Gasteiger partial charge < -0.3 is 10.1 Å². The lowest BCUT2D eigenvalue weighted by Crippen LogP contribution is -2.21. The van der Waals surface area contributed by atoms with Crippen molar-refractivity contribution >= 4 is 11.3 Å². The summed E-state index contributed by atoms with van der Waals surface area (Å²) in [6.45, 7) is 4.98. The number of hydrogen-bond donors (Lipinski definition) is 1. The number of hydrogen-bond acceptors (Lipinski definition) is 5. The van der Waals surface area contributed by atoms with Crippen molar-refractivity contribution in [3.05, 3.63) is 10.0 Å². The van der Waals surface area contributed by atoms with E-state index < -0.39 is 0 Å². The summed E-state index contributed by atoms with van der Waals surface area (Å²) in [6.07, 6.45) is 6.25. The average Bonchev–Trinajstić information content (AvgIpc) is 2.88. The predicted molar refractivity (Wildman–Crippen MR) is 78.7 cm³/mol. The third-order valence-corrected chi connectivity index (χ3v) is 4.99. The van der Waals surface area contributed by atoms with Crippen LogP contribution in [0.4, 0.5) is 0 Å². The van der Waals surface area contributed by atoms with E-state index in [1.54, 1.807) is 7.11 Å². The van der Waals surface area contributed by atoms with Crippen LogP contribution in [0, 0.1) is 5.92 Å². The van der Waals surface area contributed by atoms with E-state index in [9.17, 15) is 0 Å². The molecule has 0 amide bonds. The van der Waals surface area contributed by atoms with E-state index in [1.165, 1.54) is 35.7 Å². The van der Waals surface area contributed by atoms with Crippen LogP contribution < -0.4 is 5.32 Å². The quantitative estimate of drug-likeness (QED) is 0.781. The maximum absolute atomic E-state index is 5.00. The smallest absolute Gasteiger partial charge is 0.120 e. The van der Waals surface area contributed by atoms with Crippen molar-refractivity contribution in [2.45, 2.75) is 44.9 Å². The molecule has 19 heavy (non-hydrogen) atoms. The molecule has 0 aliphatic heterocycles. The molecule has 1 saturated carbocycles. The van der Waals surface area contributed by atoms with Gasteiger partial charge in [0.1, 0.15) is 10.0 Å². The Morgan fingerprint density at radius 1 is 1.21 bits per heavy atom. The topological polar surface area (TPSA) is 47.0 Å². The highest BCUT2D eigenvalue weighted by Crippen LogP contribution is 2.36. The Morgan fingerprint density at radius 2 is 2.00 bits per heavy atom. The van der Waals surface area contributed by atoms with Gasteiger partial charge in [-0.05, 0) is 18.8 Å². The molecule has 0 aromatic carbocycles. The van der Waals surface area contributed by atoms with E-state index in [1.807, 2.05) is 11.3 Å². The van der Waals surface area contributed by atoms with Gasteiger partial charge in [0.25, 0.3) is 0 Å². The molecule has 1 fully saturated rings. The minimum Gasteiger partial charge on any atom is -0.383 e. The third-order valence-electron chi connectivity index (χ3n) is 3.85. The minimum absolute atomic E-state index is 0.670. The molecule has 0 saturated heterocycles. The van der Waals surface area contributed by atoms with Crippen LogP contribution in [0.15, 0.2) is 0 Å². The molecule has 1 aromatic rings. The first kappa shape index (κ1) is 14.9. The molecule has 1 aliphatic rings. The van der Waals surface area contributed by atoms with Crippen LogP contribution in [0.2, 0.25) is 0 Å². The Morgan fingerprint density at radius 3 is 2.74 bits per heavy atom. The number of aromatic nitrogens is 2. The van der Waals surface area contributed by atoms with Crippen molar-refractivity contribution in [3.8, 4) is 0 Å². The van der Waals surface area contributed by atoms with Crippen LogP contribution in [0.5, 0.6) is 0 Å². The Kier molecular flexibility index (Phi) is 6.20. The van der Waals surface area contributed by atoms with Crippen LogP contribution in [0.25, 0.3) is 0 Å². The van der Waals surface area contributed by atoms with Gasteiger partial charge in [-0.15, -0.1) is 21.5 Å². The summed E-state index contributed by atoms with van der Waals surface area (Å²) in [7, 11) is 1.73. The zero-order valence-corrected chi connectivity index (χ0v) is 12.8. The van der Waals surface area contributed by atoms with E-state index in [2.05, 4.69) is 22.4 Å².